The largest absolute Gasteiger partial charge is 0.466 e. The van der Waals surface area contributed by atoms with Gasteiger partial charge in [-0.15, -0.1) is 0 Å². The average molecular weight is 287 g/mol. The first-order valence-electron chi connectivity index (χ1n) is 6.45. The molecule has 2 aromatic rings. The Morgan fingerprint density at radius 2 is 1.90 bits per heavy atom. The van der Waals surface area contributed by atoms with Crippen LogP contribution in [0.3, 0.4) is 0 Å². The van der Waals surface area contributed by atoms with E-state index < -0.39 is 0 Å². The summed E-state index contributed by atoms with van der Waals surface area (Å²) < 4.78 is 4.96. The number of carbonyl (C=O) groups excluding carboxylic acids is 1. The van der Waals surface area contributed by atoms with Gasteiger partial charge in [-0.3, -0.25) is 4.79 Å². The second-order valence-corrected chi connectivity index (χ2v) is 5.45. The Hall–Kier alpha value is -1.94. The van der Waals surface area contributed by atoms with Crippen LogP contribution in [0.1, 0.15) is 12.5 Å². The lowest BCUT2D eigenvalue weighted by Crippen LogP contribution is -2.07. The third kappa shape index (κ3) is 4.31. The van der Waals surface area contributed by atoms with E-state index in [2.05, 4.69) is 0 Å². The van der Waals surface area contributed by atoms with E-state index in [1.165, 1.54) is 0 Å². The van der Waals surface area contributed by atoms with E-state index in [4.69, 9.17) is 10.5 Å². The molecule has 0 saturated heterocycles. The third-order valence-electron chi connectivity index (χ3n) is 2.67. The second kappa shape index (κ2) is 7.01. The van der Waals surface area contributed by atoms with E-state index in [0.717, 1.165) is 21.0 Å². The number of nitrogen functional groups attached to an aromatic ring is 1. The standard InChI is InChI=1S/C16H17NO2S/c1-2-19-16(18)11-12-4-3-5-15(10-12)20-14-8-6-13(17)7-9-14/h3-10H,2,11,17H2,1H3. The summed E-state index contributed by atoms with van der Waals surface area (Å²) >= 11 is 1.64. The molecule has 0 saturated carbocycles. The van der Waals surface area contributed by atoms with Gasteiger partial charge in [0.1, 0.15) is 0 Å². The van der Waals surface area contributed by atoms with Crippen LogP contribution in [-0.2, 0) is 16.0 Å². The summed E-state index contributed by atoms with van der Waals surface area (Å²) in [5.74, 6) is -0.192. The predicted molar refractivity (Wildman–Crippen MR) is 81.8 cm³/mol. The lowest BCUT2D eigenvalue weighted by Gasteiger charge is -2.05. The summed E-state index contributed by atoms with van der Waals surface area (Å²) in [6, 6.07) is 15.7. The third-order valence-corrected chi connectivity index (χ3v) is 3.67. The molecule has 2 aromatic carbocycles. The van der Waals surface area contributed by atoms with Crippen molar-refractivity contribution in [3.63, 3.8) is 0 Å². The summed E-state index contributed by atoms with van der Waals surface area (Å²) in [6.07, 6.45) is 0.310. The maximum absolute atomic E-state index is 11.5. The summed E-state index contributed by atoms with van der Waals surface area (Å²) in [4.78, 5) is 13.7. The molecular formula is C16H17NO2S. The van der Waals surface area contributed by atoms with E-state index in [1.807, 2.05) is 55.5 Å². The highest BCUT2D eigenvalue weighted by Gasteiger charge is 2.05. The zero-order valence-electron chi connectivity index (χ0n) is 11.3. The minimum Gasteiger partial charge on any atom is -0.466 e. The van der Waals surface area contributed by atoms with Gasteiger partial charge in [0.15, 0.2) is 0 Å². The molecule has 0 fully saturated rings. The Morgan fingerprint density at radius 3 is 2.60 bits per heavy atom. The van der Waals surface area contributed by atoms with Crippen molar-refractivity contribution in [3.8, 4) is 0 Å². The van der Waals surface area contributed by atoms with Gasteiger partial charge in [-0.1, -0.05) is 23.9 Å². The molecule has 0 unspecified atom stereocenters. The summed E-state index contributed by atoms with van der Waals surface area (Å²) in [6.45, 7) is 2.23. The van der Waals surface area contributed by atoms with Crippen molar-refractivity contribution < 1.29 is 9.53 Å². The van der Waals surface area contributed by atoms with Gasteiger partial charge in [-0.2, -0.15) is 0 Å². The fourth-order valence-corrected chi connectivity index (χ4v) is 2.67. The fourth-order valence-electron chi connectivity index (χ4n) is 1.77. The maximum Gasteiger partial charge on any atom is 0.310 e. The van der Waals surface area contributed by atoms with Crippen molar-refractivity contribution in [1.29, 1.82) is 0 Å². The van der Waals surface area contributed by atoms with Crippen molar-refractivity contribution >= 4 is 23.4 Å². The molecule has 0 aliphatic rings. The first-order valence-corrected chi connectivity index (χ1v) is 7.27. The molecule has 0 spiro atoms. The number of nitrogens with two attached hydrogens (primary N) is 1. The van der Waals surface area contributed by atoms with Gasteiger partial charge in [-0.05, 0) is 48.9 Å². The Balaban J connectivity index is 2.05. The highest BCUT2D eigenvalue weighted by molar-refractivity contribution is 7.99. The van der Waals surface area contributed by atoms with Crippen molar-refractivity contribution in [1.82, 2.24) is 0 Å². The maximum atomic E-state index is 11.5. The van der Waals surface area contributed by atoms with E-state index in [9.17, 15) is 4.79 Å². The minimum absolute atomic E-state index is 0.192. The van der Waals surface area contributed by atoms with Gasteiger partial charge >= 0.3 is 5.97 Å². The van der Waals surface area contributed by atoms with Crippen molar-refractivity contribution in [2.75, 3.05) is 12.3 Å². The van der Waals surface area contributed by atoms with Crippen molar-refractivity contribution in [2.24, 2.45) is 0 Å². The van der Waals surface area contributed by atoms with Gasteiger partial charge in [0.05, 0.1) is 13.0 Å². The number of rotatable bonds is 5. The van der Waals surface area contributed by atoms with Crippen LogP contribution < -0.4 is 5.73 Å². The molecule has 3 nitrogen and oxygen atoms in total. The molecule has 0 bridgehead atoms. The first-order chi connectivity index (χ1) is 9.67. The molecule has 0 aromatic heterocycles. The Kier molecular flexibility index (Phi) is 5.07. The number of ether oxygens (including phenoxy) is 1. The summed E-state index contributed by atoms with van der Waals surface area (Å²) in [7, 11) is 0. The van der Waals surface area contributed by atoms with Gasteiger partial charge < -0.3 is 10.5 Å². The average Bonchev–Trinajstić information content (AvgIpc) is 2.42. The van der Waals surface area contributed by atoms with Crippen LogP contribution in [0, 0.1) is 0 Å². The van der Waals surface area contributed by atoms with Crippen LogP contribution >= 0.6 is 11.8 Å². The SMILES string of the molecule is CCOC(=O)Cc1cccc(Sc2ccc(N)cc2)c1. The number of anilines is 1. The Labute approximate surface area is 123 Å². The molecule has 0 aliphatic heterocycles. The normalized spacial score (nSPS) is 10.2. The van der Waals surface area contributed by atoms with Crippen LogP contribution in [0.15, 0.2) is 58.3 Å². The van der Waals surface area contributed by atoms with Gasteiger partial charge in [-0.25, -0.2) is 0 Å². The number of esters is 1. The van der Waals surface area contributed by atoms with Crippen LogP contribution in [0.2, 0.25) is 0 Å². The zero-order chi connectivity index (χ0) is 14.4. The smallest absolute Gasteiger partial charge is 0.310 e. The molecule has 4 heteroatoms. The van der Waals surface area contributed by atoms with Gasteiger partial charge in [0.25, 0.3) is 0 Å². The van der Waals surface area contributed by atoms with E-state index in [-0.39, 0.29) is 5.97 Å². The minimum atomic E-state index is -0.192. The van der Waals surface area contributed by atoms with Crippen LogP contribution in [0.4, 0.5) is 5.69 Å². The Morgan fingerprint density at radius 1 is 1.15 bits per heavy atom. The predicted octanol–water partition coefficient (Wildman–Crippen LogP) is 3.53. The van der Waals surface area contributed by atoms with Crippen LogP contribution in [0.5, 0.6) is 0 Å². The van der Waals surface area contributed by atoms with Crippen molar-refractivity contribution in [2.45, 2.75) is 23.1 Å². The number of benzene rings is 2. The molecule has 104 valence electrons. The second-order valence-electron chi connectivity index (χ2n) is 4.30. The van der Waals surface area contributed by atoms with Crippen LogP contribution in [0.25, 0.3) is 0 Å². The molecule has 20 heavy (non-hydrogen) atoms. The Bertz CT molecular complexity index is 581. The van der Waals surface area contributed by atoms with E-state index in [0.29, 0.717) is 13.0 Å². The monoisotopic (exact) mass is 287 g/mol. The van der Waals surface area contributed by atoms with E-state index in [1.54, 1.807) is 11.8 Å². The van der Waals surface area contributed by atoms with Crippen molar-refractivity contribution in [3.05, 3.63) is 54.1 Å². The molecule has 2 rings (SSSR count). The zero-order valence-corrected chi connectivity index (χ0v) is 12.2. The molecule has 0 heterocycles. The van der Waals surface area contributed by atoms with Gasteiger partial charge in [0.2, 0.25) is 0 Å². The van der Waals surface area contributed by atoms with Gasteiger partial charge in [0, 0.05) is 15.5 Å². The first kappa shape index (κ1) is 14.5. The number of hydrogen-bond acceptors (Lipinski definition) is 4. The lowest BCUT2D eigenvalue weighted by molar-refractivity contribution is -0.142. The summed E-state index contributed by atoms with van der Waals surface area (Å²) in [5, 5.41) is 0. The van der Waals surface area contributed by atoms with E-state index >= 15 is 0 Å². The quantitative estimate of drug-likeness (QED) is 0.675. The molecule has 0 amide bonds. The topological polar surface area (TPSA) is 52.3 Å². The van der Waals surface area contributed by atoms with Crippen LogP contribution in [-0.4, -0.2) is 12.6 Å². The highest BCUT2D eigenvalue weighted by atomic mass is 32.2. The number of hydrogen-bond donors (Lipinski definition) is 1. The molecule has 2 N–H and O–H groups in total. The summed E-state index contributed by atoms with van der Waals surface area (Å²) in [5.41, 5.74) is 7.38. The molecule has 0 atom stereocenters. The molecule has 0 radical (unpaired) electrons. The lowest BCUT2D eigenvalue weighted by atomic mass is 10.1. The highest BCUT2D eigenvalue weighted by Crippen LogP contribution is 2.28. The number of carbonyl (C=O) groups is 1. The molecule has 0 aliphatic carbocycles. The fraction of sp³-hybridized carbons (Fsp3) is 0.188. The molecular weight excluding hydrogens is 270 g/mol.